The first kappa shape index (κ1) is 29.4. The van der Waals surface area contributed by atoms with E-state index in [4.69, 9.17) is 51.9 Å². The second kappa shape index (κ2) is 12.4. The van der Waals surface area contributed by atoms with Gasteiger partial charge in [0.05, 0.1) is 27.9 Å². The number of aromatic nitrogens is 4. The Hall–Kier alpha value is -3.06. The molecule has 4 aromatic rings. The van der Waals surface area contributed by atoms with E-state index in [-0.39, 0.29) is 35.4 Å². The van der Waals surface area contributed by atoms with Gasteiger partial charge in [0.25, 0.3) is 0 Å². The van der Waals surface area contributed by atoms with Gasteiger partial charge in [0, 0.05) is 18.9 Å². The van der Waals surface area contributed by atoms with Crippen LogP contribution >= 0.6 is 35.0 Å². The van der Waals surface area contributed by atoms with Crippen LogP contribution in [0.15, 0.2) is 53.8 Å². The van der Waals surface area contributed by atoms with Gasteiger partial charge in [-0.1, -0.05) is 47.1 Å². The maximum absolute atomic E-state index is 11.5. The third kappa shape index (κ3) is 6.56. The van der Waals surface area contributed by atoms with Gasteiger partial charge < -0.3 is 28.9 Å². The SMILES string of the molecule is COCOc1cccc(-c2nc(-c3c(Cl)cc(OC[C@@H]4COC(C)(C)O4)cc3Cl)n(O)c2-c2ccnc(SC)n2)c1. The average molecular weight is 620 g/mol. The topological polar surface area (TPSA) is 110 Å². The summed E-state index contributed by atoms with van der Waals surface area (Å²) in [5, 5.41) is 12.5. The van der Waals surface area contributed by atoms with Crippen LogP contribution in [0.3, 0.4) is 0 Å². The molecular formula is C28H28Cl2N4O6S. The predicted octanol–water partition coefficient (Wildman–Crippen LogP) is 6.45. The van der Waals surface area contributed by atoms with E-state index in [1.54, 1.807) is 43.6 Å². The van der Waals surface area contributed by atoms with Crippen LogP contribution < -0.4 is 9.47 Å². The molecule has 1 aliphatic rings. The average Bonchev–Trinajstić information content (AvgIpc) is 3.48. The van der Waals surface area contributed by atoms with Gasteiger partial charge in [-0.2, -0.15) is 4.73 Å². The predicted molar refractivity (Wildman–Crippen MR) is 156 cm³/mol. The van der Waals surface area contributed by atoms with E-state index in [0.717, 1.165) is 4.73 Å². The molecule has 1 N–H and O–H groups in total. The minimum Gasteiger partial charge on any atom is -0.491 e. The molecule has 0 aliphatic carbocycles. The second-order valence-corrected chi connectivity index (χ2v) is 11.1. The number of benzene rings is 2. The Balaban J connectivity index is 1.55. The summed E-state index contributed by atoms with van der Waals surface area (Å²) in [4.78, 5) is 13.6. The summed E-state index contributed by atoms with van der Waals surface area (Å²) >= 11 is 14.8. The van der Waals surface area contributed by atoms with Crippen molar-refractivity contribution >= 4 is 35.0 Å². The first-order valence-electron chi connectivity index (χ1n) is 12.5. The fourth-order valence-electron chi connectivity index (χ4n) is 4.32. The van der Waals surface area contributed by atoms with E-state index in [1.165, 1.54) is 11.8 Å². The highest BCUT2D eigenvalue weighted by Crippen LogP contribution is 2.42. The highest BCUT2D eigenvalue weighted by molar-refractivity contribution is 7.98. The molecule has 0 bridgehead atoms. The Morgan fingerprint density at radius 1 is 1.10 bits per heavy atom. The molecule has 1 atom stereocenters. The summed E-state index contributed by atoms with van der Waals surface area (Å²) in [5.41, 5.74) is 2.21. The van der Waals surface area contributed by atoms with Gasteiger partial charge in [0.15, 0.2) is 23.6 Å². The van der Waals surface area contributed by atoms with Crippen molar-refractivity contribution in [2.24, 2.45) is 0 Å². The van der Waals surface area contributed by atoms with Gasteiger partial charge in [-0.05, 0) is 50.4 Å². The normalized spacial score (nSPS) is 16.2. The summed E-state index contributed by atoms with van der Waals surface area (Å²) in [6, 6.07) is 12.2. The number of imidazole rings is 1. The van der Waals surface area contributed by atoms with Crippen LogP contribution in [-0.2, 0) is 14.2 Å². The molecule has 216 valence electrons. The zero-order chi connectivity index (χ0) is 29.1. The number of nitrogens with zero attached hydrogens (tertiary/aromatic N) is 4. The van der Waals surface area contributed by atoms with Gasteiger partial charge >= 0.3 is 0 Å². The summed E-state index contributed by atoms with van der Waals surface area (Å²) in [6.45, 7) is 4.45. The maximum atomic E-state index is 11.5. The van der Waals surface area contributed by atoms with Gasteiger partial charge in [-0.25, -0.2) is 15.0 Å². The fraction of sp³-hybridized carbons (Fsp3) is 0.321. The quantitative estimate of drug-likeness (QED) is 0.0920. The van der Waals surface area contributed by atoms with Crippen molar-refractivity contribution < 1.29 is 28.9 Å². The van der Waals surface area contributed by atoms with E-state index in [2.05, 4.69) is 9.97 Å². The molecule has 2 aromatic heterocycles. The molecule has 41 heavy (non-hydrogen) atoms. The molecular weight excluding hydrogens is 591 g/mol. The first-order chi connectivity index (χ1) is 19.7. The Morgan fingerprint density at radius 2 is 1.88 bits per heavy atom. The Kier molecular flexibility index (Phi) is 8.93. The lowest BCUT2D eigenvalue weighted by Gasteiger charge is -2.17. The summed E-state index contributed by atoms with van der Waals surface area (Å²) in [7, 11) is 1.54. The zero-order valence-corrected chi connectivity index (χ0v) is 25.1. The lowest BCUT2D eigenvalue weighted by molar-refractivity contribution is -0.141. The minimum absolute atomic E-state index is 0.0796. The number of ether oxygens (including phenoxy) is 5. The first-order valence-corrected chi connectivity index (χ1v) is 14.5. The third-order valence-electron chi connectivity index (χ3n) is 6.11. The second-order valence-electron chi connectivity index (χ2n) is 9.48. The van der Waals surface area contributed by atoms with Crippen molar-refractivity contribution in [3.8, 4) is 45.5 Å². The van der Waals surface area contributed by atoms with Crippen molar-refractivity contribution in [3.05, 3.63) is 58.7 Å². The van der Waals surface area contributed by atoms with E-state index in [0.29, 0.717) is 51.5 Å². The number of hydrogen-bond acceptors (Lipinski definition) is 10. The monoisotopic (exact) mass is 618 g/mol. The molecule has 0 saturated carbocycles. The Bertz CT molecular complexity index is 1530. The highest BCUT2D eigenvalue weighted by atomic mass is 35.5. The molecule has 10 nitrogen and oxygen atoms in total. The minimum atomic E-state index is -0.656. The molecule has 13 heteroatoms. The molecule has 1 saturated heterocycles. The number of rotatable bonds is 10. The van der Waals surface area contributed by atoms with Crippen molar-refractivity contribution in [2.75, 3.05) is 33.4 Å². The lowest BCUT2D eigenvalue weighted by Crippen LogP contribution is -2.25. The zero-order valence-electron chi connectivity index (χ0n) is 22.8. The Morgan fingerprint density at radius 3 is 2.56 bits per heavy atom. The van der Waals surface area contributed by atoms with Gasteiger partial charge in [-0.15, -0.1) is 0 Å². The van der Waals surface area contributed by atoms with Crippen molar-refractivity contribution in [1.29, 1.82) is 0 Å². The molecule has 0 unspecified atom stereocenters. The molecule has 1 aliphatic heterocycles. The molecule has 0 spiro atoms. The van der Waals surface area contributed by atoms with Crippen LogP contribution in [0.5, 0.6) is 11.5 Å². The van der Waals surface area contributed by atoms with Gasteiger partial charge in [0.1, 0.15) is 35.6 Å². The van der Waals surface area contributed by atoms with E-state index >= 15 is 0 Å². The van der Waals surface area contributed by atoms with Crippen LogP contribution in [0.4, 0.5) is 0 Å². The lowest BCUT2D eigenvalue weighted by atomic mass is 10.1. The molecule has 0 radical (unpaired) electrons. The maximum Gasteiger partial charge on any atom is 0.188 e. The number of thioether (sulfide) groups is 1. The smallest absolute Gasteiger partial charge is 0.188 e. The van der Waals surface area contributed by atoms with E-state index in [9.17, 15) is 5.21 Å². The standard InChI is InChI=1S/C28H28Cl2N4O6S/c1-28(2)39-14-19(40-28)13-37-18-11-20(29)23(21(30)12-18)26-33-24(16-6-5-7-17(10-16)38-15-36-3)25(34(26)35)22-8-9-31-27(32-22)41-4/h5-12,19,35H,13-15H2,1-4H3/t19-/m1/s1. The largest absolute Gasteiger partial charge is 0.491 e. The fourth-order valence-corrected chi connectivity index (χ4v) is 5.31. The van der Waals surface area contributed by atoms with Crippen molar-refractivity contribution in [1.82, 2.24) is 19.7 Å². The van der Waals surface area contributed by atoms with Crippen LogP contribution in [0, 0.1) is 0 Å². The summed E-state index contributed by atoms with van der Waals surface area (Å²) in [6.07, 6.45) is 3.26. The van der Waals surface area contributed by atoms with Crippen LogP contribution in [0.2, 0.25) is 10.0 Å². The van der Waals surface area contributed by atoms with Crippen molar-refractivity contribution in [3.63, 3.8) is 0 Å². The van der Waals surface area contributed by atoms with Crippen LogP contribution in [-0.4, -0.2) is 70.2 Å². The van der Waals surface area contributed by atoms with E-state index < -0.39 is 5.79 Å². The molecule has 0 amide bonds. The highest BCUT2D eigenvalue weighted by Gasteiger charge is 2.33. The van der Waals surface area contributed by atoms with Crippen LogP contribution in [0.25, 0.3) is 34.0 Å². The third-order valence-corrected chi connectivity index (χ3v) is 7.26. The van der Waals surface area contributed by atoms with Gasteiger partial charge in [-0.3, -0.25) is 0 Å². The van der Waals surface area contributed by atoms with Crippen molar-refractivity contribution in [2.45, 2.75) is 30.9 Å². The number of halogens is 2. The Labute approximate surface area is 251 Å². The molecule has 2 aromatic carbocycles. The molecule has 3 heterocycles. The van der Waals surface area contributed by atoms with Gasteiger partial charge in [0.2, 0.25) is 0 Å². The summed E-state index contributed by atoms with van der Waals surface area (Å²) in [5.74, 6) is 0.473. The van der Waals surface area contributed by atoms with Crippen LogP contribution in [0.1, 0.15) is 13.8 Å². The molecule has 5 rings (SSSR count). The van der Waals surface area contributed by atoms with E-state index in [1.807, 2.05) is 32.2 Å². The molecule has 1 fully saturated rings. The number of methoxy groups -OCH3 is 1. The summed E-state index contributed by atoms with van der Waals surface area (Å²) < 4.78 is 28.9. The number of hydrogen-bond donors (Lipinski definition) is 1.